The lowest BCUT2D eigenvalue weighted by atomic mass is 10.6. The molecule has 4 nitrogen and oxygen atoms in total. The van der Waals surface area contributed by atoms with Gasteiger partial charge in [0.1, 0.15) is 12.9 Å². The van der Waals surface area contributed by atoms with Gasteiger partial charge in [-0.3, -0.25) is 10.2 Å². The van der Waals surface area contributed by atoms with Gasteiger partial charge in [0.05, 0.1) is 0 Å². The molecule has 0 atom stereocenters. The molecular weight excluding hydrogens is 106 g/mol. The highest BCUT2D eigenvalue weighted by Gasteiger charge is 2.06. The number of amides is 1. The Hall–Kier alpha value is -1.06. The minimum atomic E-state index is -0.0521. The van der Waals surface area contributed by atoms with Gasteiger partial charge in [0.15, 0.2) is 0 Å². The fourth-order valence-corrected chi connectivity index (χ4v) is 0.424. The van der Waals surface area contributed by atoms with Crippen molar-refractivity contribution >= 4 is 12.1 Å². The minimum Gasteiger partial charge on any atom is -0.322 e. The second-order valence-corrected chi connectivity index (χ2v) is 1.61. The summed E-state index contributed by atoms with van der Waals surface area (Å²) in [5.74, 6) is -0.0521. The van der Waals surface area contributed by atoms with Gasteiger partial charge in [-0.2, -0.15) is 5.10 Å². The van der Waals surface area contributed by atoms with Crippen molar-refractivity contribution in [2.24, 2.45) is 5.10 Å². The maximum atomic E-state index is 10.5. The Bertz CT molecular complexity index is 131. The van der Waals surface area contributed by atoms with Crippen LogP contribution in [-0.2, 0) is 4.79 Å². The van der Waals surface area contributed by atoms with Gasteiger partial charge in [-0.05, 0) is 0 Å². The van der Waals surface area contributed by atoms with Gasteiger partial charge in [0, 0.05) is 7.05 Å². The molecule has 44 valence electrons. The fraction of sp³-hybridized carbons (Fsp3) is 0.500. The number of carbonyl (C=O) groups is 1. The number of rotatable bonds is 0. The summed E-state index contributed by atoms with van der Waals surface area (Å²) in [5, 5.41) is 3.54. The zero-order valence-corrected chi connectivity index (χ0v) is 4.59. The molecule has 0 saturated carbocycles. The van der Waals surface area contributed by atoms with E-state index in [0.717, 1.165) is 0 Å². The number of hydrogen-bond acceptors (Lipinski definition) is 3. The normalized spacial score (nSPS) is 18.6. The lowest BCUT2D eigenvalue weighted by Crippen LogP contribution is -2.38. The van der Waals surface area contributed by atoms with Crippen LogP contribution in [-0.4, -0.2) is 30.7 Å². The summed E-state index contributed by atoms with van der Waals surface area (Å²) in [4.78, 5) is 12.1. The van der Waals surface area contributed by atoms with Crippen molar-refractivity contribution in [2.45, 2.75) is 0 Å². The van der Waals surface area contributed by atoms with Crippen molar-refractivity contribution in [1.82, 2.24) is 10.3 Å². The van der Waals surface area contributed by atoms with Crippen molar-refractivity contribution in [3.05, 3.63) is 0 Å². The molecule has 0 radical (unpaired) electrons. The first kappa shape index (κ1) is 5.08. The second kappa shape index (κ2) is 1.81. The molecule has 0 aromatic rings. The maximum Gasteiger partial charge on any atom is 0.267 e. The highest BCUT2D eigenvalue weighted by Crippen LogP contribution is 1.82. The van der Waals surface area contributed by atoms with Crippen molar-refractivity contribution in [3.63, 3.8) is 0 Å². The molecule has 1 heterocycles. The Morgan fingerprint density at radius 3 is 3.12 bits per heavy atom. The molecule has 0 bridgehead atoms. The van der Waals surface area contributed by atoms with Crippen LogP contribution in [0.5, 0.6) is 0 Å². The molecule has 4 heteroatoms. The molecule has 0 aromatic heterocycles. The molecule has 1 aliphatic heterocycles. The van der Waals surface area contributed by atoms with Gasteiger partial charge in [-0.15, -0.1) is 0 Å². The standard InChI is InChI=1S/C4H7N3O/c1-7-3-6-5-2-4(7)8/h2,6H,3H2,1H3. The first-order valence-corrected chi connectivity index (χ1v) is 2.32. The zero-order chi connectivity index (χ0) is 5.98. The largest absolute Gasteiger partial charge is 0.322 e. The van der Waals surface area contributed by atoms with Crippen LogP contribution in [0.2, 0.25) is 0 Å². The molecular formula is C4H7N3O. The fourth-order valence-electron chi connectivity index (χ4n) is 0.424. The van der Waals surface area contributed by atoms with Gasteiger partial charge >= 0.3 is 0 Å². The molecule has 1 rings (SSSR count). The summed E-state index contributed by atoms with van der Waals surface area (Å²) >= 11 is 0. The van der Waals surface area contributed by atoms with Crippen molar-refractivity contribution in [3.8, 4) is 0 Å². The van der Waals surface area contributed by atoms with Gasteiger partial charge in [-0.25, -0.2) is 0 Å². The number of hydrogen-bond donors (Lipinski definition) is 1. The van der Waals surface area contributed by atoms with Crippen LogP contribution in [0.3, 0.4) is 0 Å². The van der Waals surface area contributed by atoms with Gasteiger partial charge in [0.25, 0.3) is 5.91 Å². The van der Waals surface area contributed by atoms with E-state index in [2.05, 4.69) is 10.5 Å². The molecule has 1 N–H and O–H groups in total. The van der Waals surface area contributed by atoms with Gasteiger partial charge < -0.3 is 4.90 Å². The van der Waals surface area contributed by atoms with Crippen LogP contribution in [0, 0.1) is 0 Å². The van der Waals surface area contributed by atoms with E-state index in [1.54, 1.807) is 7.05 Å². The van der Waals surface area contributed by atoms with Crippen LogP contribution in [0.1, 0.15) is 0 Å². The topological polar surface area (TPSA) is 44.7 Å². The SMILES string of the molecule is CN1CNN=CC1=O. The third-order valence-electron chi connectivity index (χ3n) is 0.950. The first-order chi connectivity index (χ1) is 3.80. The smallest absolute Gasteiger partial charge is 0.267 e. The molecule has 0 aliphatic carbocycles. The number of hydrazone groups is 1. The summed E-state index contributed by atoms with van der Waals surface area (Å²) < 4.78 is 0. The Morgan fingerprint density at radius 2 is 2.75 bits per heavy atom. The highest BCUT2D eigenvalue weighted by atomic mass is 16.2. The quantitative estimate of drug-likeness (QED) is 0.437. The van der Waals surface area contributed by atoms with Crippen LogP contribution in [0.15, 0.2) is 5.10 Å². The molecule has 0 saturated heterocycles. The average molecular weight is 113 g/mol. The van der Waals surface area contributed by atoms with E-state index in [-0.39, 0.29) is 5.91 Å². The summed E-state index contributed by atoms with van der Waals surface area (Å²) in [6, 6.07) is 0. The van der Waals surface area contributed by atoms with Crippen molar-refractivity contribution in [1.29, 1.82) is 0 Å². The molecule has 1 aliphatic rings. The third kappa shape index (κ3) is 0.776. The summed E-state index contributed by atoms with van der Waals surface area (Å²) in [6.07, 6.45) is 1.25. The second-order valence-electron chi connectivity index (χ2n) is 1.61. The lowest BCUT2D eigenvalue weighted by molar-refractivity contribution is -0.123. The van der Waals surface area contributed by atoms with Crippen LogP contribution in [0.4, 0.5) is 0 Å². The van der Waals surface area contributed by atoms with Crippen LogP contribution < -0.4 is 5.43 Å². The highest BCUT2D eigenvalue weighted by molar-refractivity contribution is 6.26. The summed E-state index contributed by atoms with van der Waals surface area (Å²) in [7, 11) is 1.71. The molecule has 1 amide bonds. The van der Waals surface area contributed by atoms with Crippen molar-refractivity contribution < 1.29 is 4.79 Å². The lowest BCUT2D eigenvalue weighted by Gasteiger charge is -2.17. The molecule has 0 spiro atoms. The van der Waals surface area contributed by atoms with Crippen molar-refractivity contribution in [2.75, 3.05) is 13.7 Å². The molecule has 8 heavy (non-hydrogen) atoms. The van der Waals surface area contributed by atoms with E-state index in [0.29, 0.717) is 6.67 Å². The monoisotopic (exact) mass is 113 g/mol. The van der Waals surface area contributed by atoms with E-state index in [4.69, 9.17) is 0 Å². The summed E-state index contributed by atoms with van der Waals surface area (Å²) in [6.45, 7) is 0.509. The Morgan fingerprint density at radius 1 is 2.00 bits per heavy atom. The van der Waals surface area contributed by atoms with E-state index in [9.17, 15) is 4.79 Å². The maximum absolute atomic E-state index is 10.5. The van der Waals surface area contributed by atoms with E-state index >= 15 is 0 Å². The van der Waals surface area contributed by atoms with E-state index in [1.807, 2.05) is 0 Å². The minimum absolute atomic E-state index is 0.0521. The van der Waals surface area contributed by atoms with Crippen LogP contribution >= 0.6 is 0 Å². The average Bonchev–Trinajstić information content (AvgIpc) is 1.77. The molecule has 0 fully saturated rings. The van der Waals surface area contributed by atoms with Gasteiger partial charge in [-0.1, -0.05) is 0 Å². The predicted octanol–water partition coefficient (Wildman–Crippen LogP) is -1.01. The predicted molar refractivity (Wildman–Crippen MR) is 29.3 cm³/mol. The van der Waals surface area contributed by atoms with Crippen LogP contribution in [0.25, 0.3) is 0 Å². The van der Waals surface area contributed by atoms with Gasteiger partial charge in [0.2, 0.25) is 0 Å². The number of nitrogens with zero attached hydrogens (tertiary/aromatic N) is 2. The number of nitrogens with one attached hydrogen (secondary N) is 1. The Labute approximate surface area is 47.2 Å². The molecule has 0 aromatic carbocycles. The zero-order valence-electron chi connectivity index (χ0n) is 4.59. The first-order valence-electron chi connectivity index (χ1n) is 2.32. The van der Waals surface area contributed by atoms with E-state index in [1.165, 1.54) is 11.1 Å². The summed E-state index contributed by atoms with van der Waals surface area (Å²) in [5.41, 5.74) is 2.64. The Balaban J connectivity index is 2.60. The molecule has 0 unspecified atom stereocenters. The van der Waals surface area contributed by atoms with E-state index < -0.39 is 0 Å². The number of carbonyl (C=O) groups excluding carboxylic acids is 1. The Kier molecular flexibility index (Phi) is 1.15. The third-order valence-corrected chi connectivity index (χ3v) is 0.950.